The van der Waals surface area contributed by atoms with E-state index < -0.39 is 47.8 Å². The molecule has 0 fully saturated rings. The summed E-state index contributed by atoms with van der Waals surface area (Å²) >= 11 is 0. The van der Waals surface area contributed by atoms with Crippen molar-refractivity contribution in [1.29, 1.82) is 0 Å². The van der Waals surface area contributed by atoms with E-state index in [2.05, 4.69) is 10.1 Å². The molecule has 2 heterocycles. The normalized spacial score (nSPS) is 12.4. The lowest BCUT2D eigenvalue weighted by molar-refractivity contribution is -0.106. The molecule has 0 saturated heterocycles. The summed E-state index contributed by atoms with van der Waals surface area (Å²) < 4.78 is 58.9. The molecule has 0 spiro atoms. The second kappa shape index (κ2) is 9.85. The zero-order chi connectivity index (χ0) is 26.9. The van der Waals surface area contributed by atoms with Gasteiger partial charge in [-0.2, -0.15) is 4.98 Å². The number of halogens is 4. The molecule has 0 aliphatic carbocycles. The summed E-state index contributed by atoms with van der Waals surface area (Å²) in [6, 6.07) is 9.51. The van der Waals surface area contributed by atoms with Crippen LogP contribution < -0.4 is 10.6 Å². The fourth-order valence-electron chi connectivity index (χ4n) is 3.64. The van der Waals surface area contributed by atoms with Crippen molar-refractivity contribution < 1.29 is 37.4 Å². The number of alkyl halides is 2. The number of aromatic nitrogens is 3. The number of aliphatic hydroxyl groups excluding tert-OH is 1. The molecule has 37 heavy (non-hydrogen) atoms. The summed E-state index contributed by atoms with van der Waals surface area (Å²) in [5.74, 6) is -6.81. The number of rotatable bonds is 7. The first-order valence-corrected chi connectivity index (χ1v) is 10.7. The number of aliphatic hydroxyl groups is 1. The maximum atomic E-state index is 15.5. The molecule has 4 aromatic rings. The van der Waals surface area contributed by atoms with Gasteiger partial charge in [0.15, 0.2) is 5.65 Å². The van der Waals surface area contributed by atoms with Crippen LogP contribution in [0.25, 0.3) is 16.8 Å². The van der Waals surface area contributed by atoms with E-state index in [-0.39, 0.29) is 33.8 Å². The number of nitrogens with zero attached hydrogens (tertiary/aromatic N) is 3. The van der Waals surface area contributed by atoms with Gasteiger partial charge in [0.2, 0.25) is 0 Å². The van der Waals surface area contributed by atoms with E-state index in [0.29, 0.717) is 0 Å². The summed E-state index contributed by atoms with van der Waals surface area (Å²) in [6.07, 6.45) is -2.30. The Labute approximate surface area is 206 Å². The molecular weight excluding hydrogens is 498 g/mol. The first kappa shape index (κ1) is 25.6. The lowest BCUT2D eigenvalue weighted by Crippen LogP contribution is -2.41. The summed E-state index contributed by atoms with van der Waals surface area (Å²) in [4.78, 5) is 27.5. The third-order valence-corrected chi connectivity index (χ3v) is 5.52. The average molecular weight is 517 g/mol. The Morgan fingerprint density at radius 1 is 1.11 bits per heavy atom. The number of fused-ring (bicyclic) bond motifs is 1. The van der Waals surface area contributed by atoms with Gasteiger partial charge in [-0.25, -0.2) is 26.9 Å². The number of amides is 2. The first-order valence-electron chi connectivity index (χ1n) is 10.7. The highest BCUT2D eigenvalue weighted by Gasteiger charge is 2.40. The number of benzene rings is 2. The van der Waals surface area contributed by atoms with Crippen LogP contribution >= 0.6 is 0 Å². The molecule has 0 radical (unpaired) electrons. The van der Waals surface area contributed by atoms with Crippen molar-refractivity contribution in [1.82, 2.24) is 19.9 Å². The molecule has 0 saturated carbocycles. The maximum Gasteiger partial charge on any atom is 0.411 e. The van der Waals surface area contributed by atoms with Gasteiger partial charge in [-0.3, -0.25) is 10.1 Å². The van der Waals surface area contributed by atoms with Gasteiger partial charge in [-0.15, -0.1) is 5.10 Å². The Kier molecular flexibility index (Phi) is 6.81. The molecule has 0 aliphatic heterocycles. The number of carboxylic acid groups (broad SMARTS) is 1. The second-order valence-electron chi connectivity index (χ2n) is 8.10. The average Bonchev–Trinajstić information content (AvgIpc) is 3.23. The quantitative estimate of drug-likeness (QED) is 0.273. The molecule has 1 atom stereocenters. The van der Waals surface area contributed by atoms with Gasteiger partial charge in [-0.1, -0.05) is 24.3 Å². The highest BCUT2D eigenvalue weighted by atomic mass is 19.3. The van der Waals surface area contributed by atoms with E-state index in [9.17, 15) is 27.9 Å². The lowest BCUT2D eigenvalue weighted by atomic mass is 9.98. The van der Waals surface area contributed by atoms with Crippen molar-refractivity contribution in [3.8, 4) is 11.1 Å². The number of carbonyl (C=O) groups excluding carboxylic acids is 1. The molecule has 0 aliphatic rings. The van der Waals surface area contributed by atoms with Crippen molar-refractivity contribution in [2.45, 2.75) is 19.0 Å². The van der Waals surface area contributed by atoms with E-state index in [0.717, 1.165) is 24.3 Å². The fourth-order valence-corrected chi connectivity index (χ4v) is 3.64. The topological polar surface area (TPSA) is 129 Å². The molecule has 2 amide bonds. The molecular formula is C24H19F4N5O4. The fraction of sp³-hybridized carbons (Fsp3) is 0.167. The van der Waals surface area contributed by atoms with Gasteiger partial charge in [0.05, 0.1) is 12.1 Å². The van der Waals surface area contributed by atoms with Crippen molar-refractivity contribution in [3.63, 3.8) is 0 Å². The van der Waals surface area contributed by atoms with Crippen LogP contribution in [0.1, 0.15) is 27.6 Å². The Morgan fingerprint density at radius 2 is 1.81 bits per heavy atom. The zero-order valence-electron chi connectivity index (χ0n) is 19.0. The minimum Gasteiger partial charge on any atom is -0.465 e. The van der Waals surface area contributed by atoms with Crippen LogP contribution in [0.15, 0.2) is 54.7 Å². The van der Waals surface area contributed by atoms with Crippen LogP contribution in [-0.4, -0.2) is 49.3 Å². The van der Waals surface area contributed by atoms with Gasteiger partial charge in [0.1, 0.15) is 17.7 Å². The SMILES string of the molecule is Cc1ccc(-c2ccn3nc(NC(=O)O)nc3c2)c(F)c1C(=O)NCC(F)(F)C(O)c1ccc(F)cc1. The Hall–Kier alpha value is -4.52. The van der Waals surface area contributed by atoms with Crippen molar-refractivity contribution in [2.24, 2.45) is 0 Å². The third-order valence-electron chi connectivity index (χ3n) is 5.52. The highest BCUT2D eigenvalue weighted by molar-refractivity contribution is 5.97. The highest BCUT2D eigenvalue weighted by Crippen LogP contribution is 2.32. The number of pyridine rings is 1. The van der Waals surface area contributed by atoms with Crippen molar-refractivity contribution >= 4 is 23.6 Å². The van der Waals surface area contributed by atoms with E-state index in [4.69, 9.17) is 5.11 Å². The molecule has 4 rings (SSSR count). The van der Waals surface area contributed by atoms with Crippen LogP contribution in [0.2, 0.25) is 0 Å². The van der Waals surface area contributed by atoms with Crippen molar-refractivity contribution in [3.05, 3.63) is 83.1 Å². The molecule has 0 bridgehead atoms. The standard InChI is InChI=1S/C24H19F4N5O4/c1-12-2-7-16(14-8-9-33-17(10-14)30-22(32-33)31-23(36)37)19(26)18(12)21(35)29-11-24(27,28)20(34)13-3-5-15(25)6-4-13/h2-10,20,34H,11H2,1H3,(H,29,35)(H,31,32)(H,36,37). The van der Waals surface area contributed by atoms with Gasteiger partial charge in [0.25, 0.3) is 17.8 Å². The Bertz CT molecular complexity index is 1490. The second-order valence-corrected chi connectivity index (χ2v) is 8.10. The van der Waals surface area contributed by atoms with Crippen LogP contribution in [0, 0.1) is 18.6 Å². The molecule has 2 aromatic carbocycles. The largest absolute Gasteiger partial charge is 0.465 e. The number of hydrogen-bond donors (Lipinski definition) is 4. The van der Waals surface area contributed by atoms with Crippen LogP contribution in [0.4, 0.5) is 28.3 Å². The third kappa shape index (κ3) is 5.35. The van der Waals surface area contributed by atoms with Crippen LogP contribution in [0.5, 0.6) is 0 Å². The number of anilines is 1. The van der Waals surface area contributed by atoms with E-state index in [1.54, 1.807) is 0 Å². The maximum absolute atomic E-state index is 15.5. The monoisotopic (exact) mass is 517 g/mol. The molecule has 13 heteroatoms. The summed E-state index contributed by atoms with van der Waals surface area (Å²) in [6.45, 7) is 0.122. The smallest absolute Gasteiger partial charge is 0.411 e. The van der Waals surface area contributed by atoms with E-state index in [1.807, 2.05) is 10.6 Å². The van der Waals surface area contributed by atoms with E-state index in [1.165, 1.54) is 41.9 Å². The summed E-state index contributed by atoms with van der Waals surface area (Å²) in [5.41, 5.74) is -0.133. The number of nitrogens with one attached hydrogen (secondary N) is 2. The van der Waals surface area contributed by atoms with E-state index >= 15 is 4.39 Å². The molecule has 1 unspecified atom stereocenters. The lowest BCUT2D eigenvalue weighted by Gasteiger charge is -2.23. The van der Waals surface area contributed by atoms with Crippen LogP contribution in [0.3, 0.4) is 0 Å². The number of hydrogen-bond acceptors (Lipinski definition) is 5. The molecule has 192 valence electrons. The van der Waals surface area contributed by atoms with Crippen LogP contribution in [-0.2, 0) is 0 Å². The summed E-state index contributed by atoms with van der Waals surface area (Å²) in [7, 11) is 0. The first-order chi connectivity index (χ1) is 17.5. The minimum absolute atomic E-state index is 0.0351. The van der Waals surface area contributed by atoms with Gasteiger partial charge in [0, 0.05) is 11.8 Å². The predicted molar refractivity (Wildman–Crippen MR) is 123 cm³/mol. The molecule has 2 aromatic heterocycles. The summed E-state index contributed by atoms with van der Waals surface area (Å²) in [5, 5.41) is 26.7. The Morgan fingerprint density at radius 3 is 2.49 bits per heavy atom. The van der Waals surface area contributed by atoms with Gasteiger partial charge < -0.3 is 15.5 Å². The number of aryl methyl sites for hydroxylation is 1. The Balaban J connectivity index is 1.57. The molecule has 9 nitrogen and oxygen atoms in total. The minimum atomic E-state index is -3.84. The number of carbonyl (C=O) groups is 2. The van der Waals surface area contributed by atoms with Gasteiger partial charge in [-0.05, 0) is 47.9 Å². The van der Waals surface area contributed by atoms with Crippen molar-refractivity contribution in [2.75, 3.05) is 11.9 Å². The molecule has 4 N–H and O–H groups in total. The van der Waals surface area contributed by atoms with Gasteiger partial charge >= 0.3 is 6.09 Å². The predicted octanol–water partition coefficient (Wildman–Crippen LogP) is 4.17. The zero-order valence-corrected chi connectivity index (χ0v) is 19.0.